The Morgan fingerprint density at radius 3 is 2.52 bits per heavy atom. The van der Waals surface area contributed by atoms with Crippen LogP contribution in [0, 0.1) is 5.82 Å². The van der Waals surface area contributed by atoms with Crippen molar-refractivity contribution in [3.05, 3.63) is 53.8 Å². The molecule has 0 saturated heterocycles. The van der Waals surface area contributed by atoms with E-state index >= 15 is 0 Å². The molecular formula is C17H16F4N2. The SMILES string of the molecule is CCCN1c2ccccc2NC(C(F)(F)F)c2cc(F)ccc21. The van der Waals surface area contributed by atoms with Crippen LogP contribution >= 0.6 is 0 Å². The predicted octanol–water partition coefficient (Wildman–Crippen LogP) is 5.40. The van der Waals surface area contributed by atoms with Crippen LogP contribution in [0.1, 0.15) is 24.9 Å². The molecule has 1 atom stereocenters. The largest absolute Gasteiger partial charge is 0.412 e. The number of halogens is 4. The first kappa shape index (κ1) is 15.6. The Hall–Kier alpha value is -2.24. The van der Waals surface area contributed by atoms with Crippen LogP contribution in [-0.4, -0.2) is 12.7 Å². The van der Waals surface area contributed by atoms with Crippen molar-refractivity contribution in [1.82, 2.24) is 0 Å². The summed E-state index contributed by atoms with van der Waals surface area (Å²) in [6.45, 7) is 2.49. The smallest absolute Gasteiger partial charge is 0.369 e. The van der Waals surface area contributed by atoms with Crippen molar-refractivity contribution in [2.24, 2.45) is 0 Å². The summed E-state index contributed by atoms with van der Waals surface area (Å²) in [5, 5.41) is 2.54. The lowest BCUT2D eigenvalue weighted by Crippen LogP contribution is -2.28. The average molecular weight is 324 g/mol. The van der Waals surface area contributed by atoms with Crippen molar-refractivity contribution < 1.29 is 17.6 Å². The highest BCUT2D eigenvalue weighted by molar-refractivity contribution is 5.81. The summed E-state index contributed by atoms with van der Waals surface area (Å²) >= 11 is 0. The number of hydrogen-bond donors (Lipinski definition) is 1. The van der Waals surface area contributed by atoms with Gasteiger partial charge >= 0.3 is 6.18 Å². The molecular weight excluding hydrogens is 308 g/mol. The number of benzene rings is 2. The van der Waals surface area contributed by atoms with E-state index < -0.39 is 18.0 Å². The molecule has 1 aliphatic rings. The van der Waals surface area contributed by atoms with Crippen molar-refractivity contribution in [2.75, 3.05) is 16.8 Å². The summed E-state index contributed by atoms with van der Waals surface area (Å²) in [7, 11) is 0. The molecule has 2 aromatic carbocycles. The molecule has 23 heavy (non-hydrogen) atoms. The summed E-state index contributed by atoms with van der Waals surface area (Å²) in [5.41, 5.74) is 1.34. The lowest BCUT2D eigenvalue weighted by Gasteiger charge is -2.26. The Morgan fingerprint density at radius 2 is 1.83 bits per heavy atom. The molecule has 6 heteroatoms. The fraction of sp³-hybridized carbons (Fsp3) is 0.294. The molecule has 0 saturated carbocycles. The summed E-state index contributed by atoms with van der Waals surface area (Å²) in [5.74, 6) is -0.679. The molecule has 1 heterocycles. The lowest BCUT2D eigenvalue weighted by atomic mass is 10.0. The van der Waals surface area contributed by atoms with Crippen molar-refractivity contribution in [1.29, 1.82) is 0 Å². The van der Waals surface area contributed by atoms with Crippen molar-refractivity contribution in [2.45, 2.75) is 25.6 Å². The van der Waals surface area contributed by atoms with Crippen molar-refractivity contribution in [3.8, 4) is 0 Å². The highest BCUT2D eigenvalue weighted by Crippen LogP contribution is 2.47. The van der Waals surface area contributed by atoms with E-state index in [1.807, 2.05) is 11.8 Å². The summed E-state index contributed by atoms with van der Waals surface area (Å²) in [6, 6.07) is 8.47. The number of nitrogens with one attached hydrogen (secondary N) is 1. The molecule has 2 nitrogen and oxygen atoms in total. The van der Waals surface area contributed by atoms with Crippen LogP contribution in [0.25, 0.3) is 0 Å². The fourth-order valence-corrected chi connectivity index (χ4v) is 2.92. The summed E-state index contributed by atoms with van der Waals surface area (Å²) < 4.78 is 54.2. The number of para-hydroxylation sites is 2. The van der Waals surface area contributed by atoms with E-state index in [1.165, 1.54) is 12.1 Å². The maximum absolute atomic E-state index is 13.6. The molecule has 0 aliphatic carbocycles. The molecule has 0 fully saturated rings. The van der Waals surface area contributed by atoms with Gasteiger partial charge in [0.25, 0.3) is 0 Å². The molecule has 122 valence electrons. The number of nitrogens with zero attached hydrogens (tertiary/aromatic N) is 1. The zero-order valence-corrected chi connectivity index (χ0v) is 12.5. The molecule has 0 spiro atoms. The average Bonchev–Trinajstić information content (AvgIpc) is 2.63. The molecule has 3 rings (SSSR count). The van der Waals surface area contributed by atoms with Gasteiger partial charge in [0.15, 0.2) is 6.04 Å². The van der Waals surface area contributed by atoms with Gasteiger partial charge in [-0.15, -0.1) is 0 Å². The summed E-state index contributed by atoms with van der Waals surface area (Å²) in [6.07, 6.45) is -3.78. The minimum atomic E-state index is -4.53. The standard InChI is InChI=1S/C17H16F4N2/c1-2-9-23-14-8-7-11(18)10-12(14)16(17(19,20)21)22-13-5-3-4-6-15(13)23/h3-8,10,16,22H,2,9H2,1H3. The number of rotatable bonds is 2. The van der Waals surface area contributed by atoms with Crippen LogP contribution in [0.5, 0.6) is 0 Å². The topological polar surface area (TPSA) is 15.3 Å². The second-order valence-electron chi connectivity index (χ2n) is 5.49. The fourth-order valence-electron chi connectivity index (χ4n) is 2.92. The van der Waals surface area contributed by atoms with Gasteiger partial charge < -0.3 is 10.2 Å². The molecule has 1 N–H and O–H groups in total. The Bertz CT molecular complexity index is 712. The maximum atomic E-state index is 13.6. The quantitative estimate of drug-likeness (QED) is 0.744. The third kappa shape index (κ3) is 2.85. The van der Waals surface area contributed by atoms with Gasteiger partial charge in [0.2, 0.25) is 0 Å². The lowest BCUT2D eigenvalue weighted by molar-refractivity contribution is -0.143. The first-order valence-corrected chi connectivity index (χ1v) is 7.41. The van der Waals surface area contributed by atoms with Gasteiger partial charge in [-0.3, -0.25) is 0 Å². The zero-order chi connectivity index (χ0) is 16.6. The van der Waals surface area contributed by atoms with E-state index in [4.69, 9.17) is 0 Å². The molecule has 2 aromatic rings. The Balaban J connectivity index is 2.26. The van der Waals surface area contributed by atoms with Gasteiger partial charge in [-0.25, -0.2) is 4.39 Å². The monoisotopic (exact) mass is 324 g/mol. The Morgan fingerprint density at radius 1 is 1.09 bits per heavy atom. The van der Waals surface area contributed by atoms with E-state index in [2.05, 4.69) is 5.32 Å². The Labute approximate surface area is 131 Å². The zero-order valence-electron chi connectivity index (χ0n) is 12.5. The molecule has 0 aromatic heterocycles. The third-order valence-corrected chi connectivity index (χ3v) is 3.86. The van der Waals surface area contributed by atoms with Gasteiger partial charge in [0.1, 0.15) is 5.82 Å². The molecule has 0 bridgehead atoms. The number of hydrogen-bond acceptors (Lipinski definition) is 2. The molecule has 0 radical (unpaired) electrons. The van der Waals surface area contributed by atoms with E-state index in [1.54, 1.807) is 24.3 Å². The predicted molar refractivity (Wildman–Crippen MR) is 82.6 cm³/mol. The van der Waals surface area contributed by atoms with Crippen molar-refractivity contribution in [3.63, 3.8) is 0 Å². The molecule has 1 unspecified atom stereocenters. The van der Waals surface area contributed by atoms with E-state index in [0.717, 1.165) is 12.5 Å². The first-order valence-electron chi connectivity index (χ1n) is 7.41. The van der Waals surface area contributed by atoms with Crippen LogP contribution < -0.4 is 10.2 Å². The highest BCUT2D eigenvalue weighted by Gasteiger charge is 2.44. The highest BCUT2D eigenvalue weighted by atomic mass is 19.4. The molecule has 1 aliphatic heterocycles. The molecule has 0 amide bonds. The normalized spacial score (nSPS) is 17.1. The van der Waals surface area contributed by atoms with Gasteiger partial charge in [-0.1, -0.05) is 19.1 Å². The van der Waals surface area contributed by atoms with Crippen LogP contribution in [-0.2, 0) is 0 Å². The number of alkyl halides is 3. The van der Waals surface area contributed by atoms with Crippen LogP contribution in [0.3, 0.4) is 0 Å². The maximum Gasteiger partial charge on any atom is 0.412 e. The number of fused-ring (bicyclic) bond motifs is 2. The number of anilines is 3. The van der Waals surface area contributed by atoms with Gasteiger partial charge in [-0.05, 0) is 36.8 Å². The van der Waals surface area contributed by atoms with E-state index in [-0.39, 0.29) is 5.56 Å². The minimum Gasteiger partial charge on any atom is -0.369 e. The third-order valence-electron chi connectivity index (χ3n) is 3.86. The van der Waals surface area contributed by atoms with Crippen LogP contribution in [0.15, 0.2) is 42.5 Å². The first-order chi connectivity index (χ1) is 10.9. The van der Waals surface area contributed by atoms with Crippen molar-refractivity contribution >= 4 is 17.1 Å². The van der Waals surface area contributed by atoms with Crippen LogP contribution in [0.4, 0.5) is 34.6 Å². The Kier molecular flexibility index (Phi) is 3.92. The second kappa shape index (κ2) is 5.76. The second-order valence-corrected chi connectivity index (χ2v) is 5.49. The minimum absolute atomic E-state index is 0.0952. The van der Waals surface area contributed by atoms with E-state index in [0.29, 0.717) is 23.6 Å². The van der Waals surface area contributed by atoms with Gasteiger partial charge in [0.05, 0.1) is 11.4 Å². The van der Waals surface area contributed by atoms with Gasteiger partial charge in [-0.2, -0.15) is 13.2 Å². The summed E-state index contributed by atoms with van der Waals surface area (Å²) in [4.78, 5) is 1.81. The van der Waals surface area contributed by atoms with E-state index in [9.17, 15) is 17.6 Å². The van der Waals surface area contributed by atoms with Gasteiger partial charge in [0, 0.05) is 17.8 Å². The van der Waals surface area contributed by atoms with Crippen LogP contribution in [0.2, 0.25) is 0 Å².